The minimum absolute atomic E-state index is 0.230. The standard InChI is InChI=1S/C16H25NOS/c1-2-17-15(14-6-5-11-19-14)13-7-10-18-16(12-13)8-3-4-9-16/h5-6,11,13,15,17H,2-4,7-10,12H2,1H3. The molecule has 2 aliphatic rings. The van der Waals surface area contributed by atoms with Gasteiger partial charge in [-0.2, -0.15) is 0 Å². The third-order valence-corrected chi connectivity index (χ3v) is 5.75. The molecular formula is C16H25NOS. The van der Waals surface area contributed by atoms with E-state index in [9.17, 15) is 0 Å². The number of rotatable bonds is 4. The zero-order valence-corrected chi connectivity index (χ0v) is 12.7. The summed E-state index contributed by atoms with van der Waals surface area (Å²) in [6.07, 6.45) is 7.74. The van der Waals surface area contributed by atoms with Crippen molar-refractivity contribution in [1.29, 1.82) is 0 Å². The first kappa shape index (κ1) is 13.6. The van der Waals surface area contributed by atoms with Gasteiger partial charge in [0.25, 0.3) is 0 Å². The van der Waals surface area contributed by atoms with Crippen LogP contribution in [0.2, 0.25) is 0 Å². The van der Waals surface area contributed by atoms with Crippen molar-refractivity contribution in [2.24, 2.45) is 5.92 Å². The molecule has 0 amide bonds. The first-order chi connectivity index (χ1) is 9.33. The minimum Gasteiger partial charge on any atom is -0.375 e. The Morgan fingerprint density at radius 2 is 2.32 bits per heavy atom. The van der Waals surface area contributed by atoms with Crippen molar-refractivity contribution < 1.29 is 4.74 Å². The van der Waals surface area contributed by atoms with Gasteiger partial charge in [0, 0.05) is 17.5 Å². The Balaban J connectivity index is 1.74. The fourth-order valence-corrected chi connectivity index (χ4v) is 4.80. The lowest BCUT2D eigenvalue weighted by molar-refractivity contribution is -0.0979. The molecule has 2 atom stereocenters. The van der Waals surface area contributed by atoms with Gasteiger partial charge in [-0.1, -0.05) is 25.8 Å². The van der Waals surface area contributed by atoms with Crippen molar-refractivity contribution in [2.75, 3.05) is 13.2 Å². The highest BCUT2D eigenvalue weighted by Gasteiger charge is 2.42. The fraction of sp³-hybridized carbons (Fsp3) is 0.750. The monoisotopic (exact) mass is 279 g/mol. The maximum atomic E-state index is 6.18. The average Bonchev–Trinajstić information content (AvgIpc) is 3.08. The van der Waals surface area contributed by atoms with Crippen LogP contribution in [0.4, 0.5) is 0 Å². The van der Waals surface area contributed by atoms with E-state index in [4.69, 9.17) is 4.74 Å². The molecule has 2 nitrogen and oxygen atoms in total. The topological polar surface area (TPSA) is 21.3 Å². The summed E-state index contributed by atoms with van der Waals surface area (Å²) >= 11 is 1.89. The van der Waals surface area contributed by atoms with Gasteiger partial charge in [0.15, 0.2) is 0 Å². The smallest absolute Gasteiger partial charge is 0.0686 e. The van der Waals surface area contributed by atoms with E-state index in [-0.39, 0.29) is 5.60 Å². The Morgan fingerprint density at radius 1 is 1.47 bits per heavy atom. The van der Waals surface area contributed by atoms with Gasteiger partial charge >= 0.3 is 0 Å². The Kier molecular flexibility index (Phi) is 4.25. The first-order valence-electron chi connectivity index (χ1n) is 7.74. The molecule has 106 valence electrons. The summed E-state index contributed by atoms with van der Waals surface area (Å²) in [6, 6.07) is 5.00. The van der Waals surface area contributed by atoms with Crippen LogP contribution in [0, 0.1) is 5.92 Å². The van der Waals surface area contributed by atoms with E-state index < -0.39 is 0 Å². The molecule has 1 N–H and O–H groups in total. The van der Waals surface area contributed by atoms with Crippen molar-refractivity contribution in [1.82, 2.24) is 5.32 Å². The molecule has 1 aromatic heterocycles. The predicted molar refractivity (Wildman–Crippen MR) is 80.6 cm³/mol. The first-order valence-corrected chi connectivity index (χ1v) is 8.62. The number of hydrogen-bond donors (Lipinski definition) is 1. The van der Waals surface area contributed by atoms with Gasteiger partial charge in [0.2, 0.25) is 0 Å². The Hall–Kier alpha value is -0.380. The normalized spacial score (nSPS) is 27.7. The molecule has 1 aromatic rings. The summed E-state index contributed by atoms with van der Waals surface area (Å²) in [5, 5.41) is 5.91. The molecule has 3 rings (SSSR count). The summed E-state index contributed by atoms with van der Waals surface area (Å²) in [5.41, 5.74) is 0.230. The quantitative estimate of drug-likeness (QED) is 0.894. The lowest BCUT2D eigenvalue weighted by Gasteiger charge is -2.41. The van der Waals surface area contributed by atoms with E-state index >= 15 is 0 Å². The van der Waals surface area contributed by atoms with Gasteiger partial charge < -0.3 is 10.1 Å². The highest BCUT2D eigenvalue weighted by Crippen LogP contribution is 2.45. The van der Waals surface area contributed by atoms with Crippen molar-refractivity contribution in [3.8, 4) is 0 Å². The van der Waals surface area contributed by atoms with Crippen LogP contribution >= 0.6 is 11.3 Å². The van der Waals surface area contributed by atoms with Crippen LogP contribution in [0.1, 0.15) is 56.4 Å². The Morgan fingerprint density at radius 3 is 3.00 bits per heavy atom. The van der Waals surface area contributed by atoms with Gasteiger partial charge in [0.05, 0.1) is 5.60 Å². The zero-order chi connectivity index (χ0) is 13.1. The van der Waals surface area contributed by atoms with E-state index in [1.54, 1.807) is 0 Å². The van der Waals surface area contributed by atoms with Crippen molar-refractivity contribution in [3.63, 3.8) is 0 Å². The Bertz CT molecular complexity index is 383. The second-order valence-corrected chi connectivity index (χ2v) is 7.02. The molecule has 1 spiro atoms. The second kappa shape index (κ2) is 5.94. The fourth-order valence-electron chi connectivity index (χ4n) is 3.91. The van der Waals surface area contributed by atoms with E-state index in [2.05, 4.69) is 29.8 Å². The summed E-state index contributed by atoms with van der Waals surface area (Å²) in [5.74, 6) is 0.741. The highest BCUT2D eigenvalue weighted by molar-refractivity contribution is 7.10. The molecule has 19 heavy (non-hydrogen) atoms. The van der Waals surface area contributed by atoms with Crippen LogP contribution in [-0.2, 0) is 4.74 Å². The van der Waals surface area contributed by atoms with Crippen molar-refractivity contribution >= 4 is 11.3 Å². The third kappa shape index (κ3) is 2.88. The molecule has 1 saturated carbocycles. The SMILES string of the molecule is CCNC(c1cccs1)C1CCOC2(CCCC2)C1. The maximum Gasteiger partial charge on any atom is 0.0686 e. The van der Waals surface area contributed by atoms with E-state index in [0.717, 1.165) is 19.1 Å². The van der Waals surface area contributed by atoms with Crippen molar-refractivity contribution in [3.05, 3.63) is 22.4 Å². The third-order valence-electron chi connectivity index (χ3n) is 4.79. The molecule has 2 heterocycles. The molecule has 1 aliphatic carbocycles. The van der Waals surface area contributed by atoms with Crippen LogP contribution < -0.4 is 5.32 Å². The predicted octanol–water partition coefficient (Wildman–Crippen LogP) is 4.14. The van der Waals surface area contributed by atoms with Gasteiger partial charge in [-0.15, -0.1) is 11.3 Å². The van der Waals surface area contributed by atoms with Gasteiger partial charge in [-0.3, -0.25) is 0 Å². The molecule has 0 aromatic carbocycles. The van der Waals surface area contributed by atoms with E-state index in [1.807, 2.05) is 11.3 Å². The lowest BCUT2D eigenvalue weighted by Crippen LogP contribution is -2.41. The van der Waals surface area contributed by atoms with Gasteiger partial charge in [0.1, 0.15) is 0 Å². The lowest BCUT2D eigenvalue weighted by atomic mass is 9.80. The molecule has 1 aliphatic heterocycles. The molecule has 2 unspecified atom stereocenters. The van der Waals surface area contributed by atoms with E-state index in [1.165, 1.54) is 43.4 Å². The number of hydrogen-bond acceptors (Lipinski definition) is 3. The molecule has 0 bridgehead atoms. The Labute approximate surface area is 120 Å². The van der Waals surface area contributed by atoms with Gasteiger partial charge in [-0.05, 0) is 49.6 Å². The van der Waals surface area contributed by atoms with Gasteiger partial charge in [-0.25, -0.2) is 0 Å². The summed E-state index contributed by atoms with van der Waals surface area (Å²) < 4.78 is 6.18. The summed E-state index contributed by atoms with van der Waals surface area (Å²) in [7, 11) is 0. The van der Waals surface area contributed by atoms with Crippen LogP contribution in [0.5, 0.6) is 0 Å². The van der Waals surface area contributed by atoms with Crippen LogP contribution in [0.3, 0.4) is 0 Å². The van der Waals surface area contributed by atoms with E-state index in [0.29, 0.717) is 6.04 Å². The maximum absolute atomic E-state index is 6.18. The second-order valence-electron chi connectivity index (χ2n) is 6.04. The van der Waals surface area contributed by atoms with Crippen LogP contribution in [0.15, 0.2) is 17.5 Å². The summed E-state index contributed by atoms with van der Waals surface area (Å²) in [6.45, 7) is 4.22. The molecule has 1 saturated heterocycles. The highest BCUT2D eigenvalue weighted by atomic mass is 32.1. The number of thiophene rings is 1. The van der Waals surface area contributed by atoms with Crippen LogP contribution in [0.25, 0.3) is 0 Å². The van der Waals surface area contributed by atoms with Crippen molar-refractivity contribution in [2.45, 2.75) is 57.1 Å². The molecule has 3 heteroatoms. The number of nitrogens with one attached hydrogen (secondary N) is 1. The molecular weight excluding hydrogens is 254 g/mol. The summed E-state index contributed by atoms with van der Waals surface area (Å²) in [4.78, 5) is 1.50. The number of ether oxygens (including phenoxy) is 1. The largest absolute Gasteiger partial charge is 0.375 e. The average molecular weight is 279 g/mol. The molecule has 0 radical (unpaired) electrons. The van der Waals surface area contributed by atoms with Crippen LogP contribution in [-0.4, -0.2) is 18.8 Å². The minimum atomic E-state index is 0.230. The zero-order valence-electron chi connectivity index (χ0n) is 11.9. The molecule has 2 fully saturated rings.